The minimum atomic E-state index is -0.386. The lowest BCUT2D eigenvalue weighted by atomic mass is 10.1. The summed E-state index contributed by atoms with van der Waals surface area (Å²) >= 11 is 1.48. The molecule has 2 amide bonds. The Hall–Kier alpha value is -4.37. The fourth-order valence-corrected chi connectivity index (χ4v) is 4.51. The number of aromatic nitrogens is 2. The highest BCUT2D eigenvalue weighted by Crippen LogP contribution is 2.37. The van der Waals surface area contributed by atoms with Gasteiger partial charge in [-0.15, -0.1) is 11.3 Å². The Labute approximate surface area is 205 Å². The van der Waals surface area contributed by atoms with Crippen molar-refractivity contribution >= 4 is 40.3 Å². The van der Waals surface area contributed by atoms with E-state index in [-0.39, 0.29) is 30.7 Å². The number of hydrogen-bond acceptors (Lipinski definition) is 7. The van der Waals surface area contributed by atoms with Gasteiger partial charge in [0.25, 0.3) is 5.91 Å². The Morgan fingerprint density at radius 1 is 1.09 bits per heavy atom. The fraction of sp³-hybridized carbons (Fsp3) is 0.115. The molecule has 1 N–H and O–H groups in total. The van der Waals surface area contributed by atoms with Gasteiger partial charge in [-0.25, -0.2) is 4.98 Å². The van der Waals surface area contributed by atoms with E-state index in [1.54, 1.807) is 42.6 Å². The number of carbonyl (C=O) groups is 3. The van der Waals surface area contributed by atoms with Crippen LogP contribution in [0, 0.1) is 0 Å². The Kier molecular flexibility index (Phi) is 6.07. The molecule has 2 aromatic heterocycles. The summed E-state index contributed by atoms with van der Waals surface area (Å²) in [7, 11) is 0. The summed E-state index contributed by atoms with van der Waals surface area (Å²) in [5.74, 6) is -0.294. The molecule has 0 saturated heterocycles. The van der Waals surface area contributed by atoms with Gasteiger partial charge >= 0.3 is 0 Å². The van der Waals surface area contributed by atoms with E-state index >= 15 is 0 Å². The van der Waals surface area contributed by atoms with E-state index in [9.17, 15) is 14.4 Å². The summed E-state index contributed by atoms with van der Waals surface area (Å²) in [5, 5.41) is 5.47. The minimum Gasteiger partial charge on any atom is -0.482 e. The molecule has 1 aliphatic rings. The van der Waals surface area contributed by atoms with Crippen molar-refractivity contribution in [1.29, 1.82) is 0 Å². The SMILES string of the molecule is CC(=O)c1cccc(NC(=O)CN2C(=O)COc3ccc(-c4csc(-c5ccccn5)n4)cc32)c1. The predicted molar refractivity (Wildman–Crippen MR) is 134 cm³/mol. The monoisotopic (exact) mass is 484 g/mol. The Morgan fingerprint density at radius 3 is 2.77 bits per heavy atom. The van der Waals surface area contributed by atoms with Gasteiger partial charge in [-0.2, -0.15) is 0 Å². The van der Waals surface area contributed by atoms with Gasteiger partial charge in [0.1, 0.15) is 17.3 Å². The normalized spacial score (nSPS) is 12.6. The largest absolute Gasteiger partial charge is 0.482 e. The molecule has 2 aromatic carbocycles. The third-order valence-corrected chi connectivity index (χ3v) is 6.31. The van der Waals surface area contributed by atoms with Crippen molar-refractivity contribution in [3.63, 3.8) is 0 Å². The Morgan fingerprint density at radius 2 is 1.97 bits per heavy atom. The van der Waals surface area contributed by atoms with Crippen LogP contribution in [0.15, 0.2) is 72.2 Å². The predicted octanol–water partition coefficient (Wildman–Crippen LogP) is 4.44. The number of rotatable bonds is 6. The van der Waals surface area contributed by atoms with Crippen molar-refractivity contribution in [3.05, 3.63) is 77.8 Å². The quantitative estimate of drug-likeness (QED) is 0.406. The second-order valence-electron chi connectivity index (χ2n) is 7.89. The van der Waals surface area contributed by atoms with Gasteiger partial charge in [0.05, 0.1) is 17.1 Å². The first-order chi connectivity index (χ1) is 17.0. The third-order valence-electron chi connectivity index (χ3n) is 5.44. The first kappa shape index (κ1) is 22.4. The number of anilines is 2. The van der Waals surface area contributed by atoms with Crippen LogP contribution >= 0.6 is 11.3 Å². The molecule has 0 radical (unpaired) electrons. The number of pyridine rings is 1. The van der Waals surface area contributed by atoms with Crippen molar-refractivity contribution in [1.82, 2.24) is 9.97 Å². The molecule has 0 atom stereocenters. The number of nitrogens with one attached hydrogen (secondary N) is 1. The van der Waals surface area contributed by atoms with Crippen LogP contribution in [0.2, 0.25) is 0 Å². The van der Waals surface area contributed by atoms with Gasteiger partial charge in [-0.05, 0) is 49.4 Å². The minimum absolute atomic E-state index is 0.0980. The first-order valence-electron chi connectivity index (χ1n) is 10.8. The zero-order valence-corrected chi connectivity index (χ0v) is 19.5. The molecule has 8 nitrogen and oxygen atoms in total. The van der Waals surface area contributed by atoms with E-state index in [1.807, 2.05) is 29.6 Å². The first-order valence-corrected chi connectivity index (χ1v) is 11.7. The average Bonchev–Trinajstić information content (AvgIpc) is 3.37. The topological polar surface area (TPSA) is 101 Å². The highest BCUT2D eigenvalue weighted by molar-refractivity contribution is 7.13. The van der Waals surface area contributed by atoms with Crippen molar-refractivity contribution in [2.75, 3.05) is 23.4 Å². The fourth-order valence-electron chi connectivity index (χ4n) is 3.71. The molecule has 0 aliphatic carbocycles. The number of hydrogen-bond donors (Lipinski definition) is 1. The third kappa shape index (κ3) is 4.80. The van der Waals surface area contributed by atoms with Gasteiger partial charge in [-0.1, -0.05) is 18.2 Å². The molecule has 0 saturated carbocycles. The molecular formula is C26H20N4O4S. The standard InChI is InChI=1S/C26H20N4O4S/c1-16(31)17-5-4-6-19(11-17)28-24(32)13-30-22-12-18(8-9-23(22)34-14-25(30)33)21-15-35-26(29-21)20-7-2-3-10-27-20/h2-12,15H,13-14H2,1H3,(H,28,32). The van der Waals surface area contributed by atoms with Crippen LogP contribution in [0.1, 0.15) is 17.3 Å². The van der Waals surface area contributed by atoms with E-state index in [4.69, 9.17) is 4.74 Å². The summed E-state index contributed by atoms with van der Waals surface area (Å²) in [6.45, 7) is 1.11. The molecule has 174 valence electrons. The zero-order chi connectivity index (χ0) is 24.4. The number of nitrogens with zero attached hydrogens (tertiary/aromatic N) is 3. The molecular weight excluding hydrogens is 464 g/mol. The smallest absolute Gasteiger partial charge is 0.265 e. The summed E-state index contributed by atoms with van der Waals surface area (Å²) in [6.07, 6.45) is 1.72. The molecule has 0 fully saturated rings. The van der Waals surface area contributed by atoms with Crippen LogP contribution in [0.5, 0.6) is 5.75 Å². The van der Waals surface area contributed by atoms with Gasteiger partial charge in [0.2, 0.25) is 5.91 Å². The number of fused-ring (bicyclic) bond motifs is 1. The highest BCUT2D eigenvalue weighted by atomic mass is 32.1. The number of ketones is 1. The highest BCUT2D eigenvalue weighted by Gasteiger charge is 2.28. The zero-order valence-electron chi connectivity index (χ0n) is 18.7. The molecule has 1 aliphatic heterocycles. The summed E-state index contributed by atoms with van der Waals surface area (Å²) in [6, 6.07) is 17.8. The second kappa shape index (κ2) is 9.47. The number of carbonyl (C=O) groups excluding carboxylic acids is 3. The molecule has 35 heavy (non-hydrogen) atoms. The average molecular weight is 485 g/mol. The van der Waals surface area contributed by atoms with Crippen LogP contribution < -0.4 is 15.0 Å². The van der Waals surface area contributed by atoms with Gasteiger partial charge in [0, 0.05) is 28.4 Å². The summed E-state index contributed by atoms with van der Waals surface area (Å²) in [5.41, 5.74) is 3.79. The Bertz CT molecular complexity index is 1430. The molecule has 0 bridgehead atoms. The van der Waals surface area contributed by atoms with Crippen molar-refractivity contribution in [2.24, 2.45) is 0 Å². The summed E-state index contributed by atoms with van der Waals surface area (Å²) in [4.78, 5) is 47.5. The van der Waals surface area contributed by atoms with E-state index < -0.39 is 0 Å². The van der Waals surface area contributed by atoms with Gasteiger partial charge in [-0.3, -0.25) is 24.3 Å². The lowest BCUT2D eigenvalue weighted by molar-refractivity contribution is -0.123. The van der Waals surface area contributed by atoms with Crippen LogP contribution in [0.4, 0.5) is 11.4 Å². The maximum Gasteiger partial charge on any atom is 0.265 e. The van der Waals surface area contributed by atoms with Gasteiger partial charge in [0.15, 0.2) is 12.4 Å². The van der Waals surface area contributed by atoms with Crippen molar-refractivity contribution < 1.29 is 19.1 Å². The summed E-state index contributed by atoms with van der Waals surface area (Å²) < 4.78 is 5.59. The maximum absolute atomic E-state index is 12.8. The van der Waals surface area contributed by atoms with E-state index in [0.717, 1.165) is 22.0 Å². The van der Waals surface area contributed by atoms with Crippen molar-refractivity contribution in [3.8, 4) is 27.7 Å². The van der Waals surface area contributed by atoms with Crippen molar-refractivity contribution in [2.45, 2.75) is 6.92 Å². The maximum atomic E-state index is 12.8. The number of amides is 2. The van der Waals surface area contributed by atoms with Gasteiger partial charge < -0.3 is 10.1 Å². The molecule has 9 heteroatoms. The molecule has 0 spiro atoms. The number of benzene rings is 2. The van der Waals surface area contributed by atoms with Crippen LogP contribution in [-0.2, 0) is 9.59 Å². The molecule has 5 rings (SSSR count). The van der Waals surface area contributed by atoms with E-state index in [0.29, 0.717) is 22.7 Å². The lowest BCUT2D eigenvalue weighted by Crippen LogP contribution is -2.43. The molecule has 4 aromatic rings. The van der Waals surface area contributed by atoms with Crippen LogP contribution in [0.25, 0.3) is 22.0 Å². The lowest BCUT2D eigenvalue weighted by Gasteiger charge is -2.29. The van der Waals surface area contributed by atoms with Crippen LogP contribution in [0.3, 0.4) is 0 Å². The number of Topliss-reactive ketones (excluding diaryl/α,β-unsaturated/α-hetero) is 1. The Balaban J connectivity index is 1.39. The number of thiazole rings is 1. The molecule has 0 unspecified atom stereocenters. The molecule has 3 heterocycles. The van der Waals surface area contributed by atoms with E-state index in [1.165, 1.54) is 23.2 Å². The van der Waals surface area contributed by atoms with E-state index in [2.05, 4.69) is 15.3 Å². The second-order valence-corrected chi connectivity index (χ2v) is 8.75. The number of ether oxygens (including phenoxy) is 1. The van der Waals surface area contributed by atoms with Crippen LogP contribution in [-0.4, -0.2) is 40.7 Å².